The van der Waals surface area contributed by atoms with Crippen molar-refractivity contribution >= 4 is 33.5 Å². The maximum Gasteiger partial charge on any atom is 0.281 e. The fourth-order valence-corrected chi connectivity index (χ4v) is 6.67. The van der Waals surface area contributed by atoms with Gasteiger partial charge in [-0.3, -0.25) is 9.59 Å². The Hall–Kier alpha value is -3.21. The second-order valence-corrected chi connectivity index (χ2v) is 14.8. The van der Waals surface area contributed by atoms with E-state index in [1.165, 1.54) is 6.07 Å². The summed E-state index contributed by atoms with van der Waals surface area (Å²) in [7, 11) is -0.746. The van der Waals surface area contributed by atoms with E-state index >= 15 is 0 Å². The zero-order chi connectivity index (χ0) is 30.2. The molecule has 224 valence electrons. The van der Waals surface area contributed by atoms with Crippen molar-refractivity contribution in [1.82, 2.24) is 19.6 Å². The first-order chi connectivity index (χ1) is 19.1. The normalized spacial score (nSPS) is 22.0. The van der Waals surface area contributed by atoms with Crippen LogP contribution >= 0.6 is 0 Å². The summed E-state index contributed by atoms with van der Waals surface area (Å²) in [5.41, 5.74) is 0.513. The third kappa shape index (κ3) is 7.17. The number of rotatable bonds is 4. The number of carbonyl (C=O) groups excluding carboxylic acids is 2. The average molecular weight is 585 g/mol. The van der Waals surface area contributed by atoms with E-state index in [0.717, 1.165) is 31.4 Å². The molecule has 2 aliphatic rings. The summed E-state index contributed by atoms with van der Waals surface area (Å²) in [6.07, 6.45) is 4.57. The number of sulfonamides is 1. The van der Waals surface area contributed by atoms with E-state index in [4.69, 9.17) is 4.98 Å². The minimum atomic E-state index is -4.25. The highest BCUT2D eigenvalue weighted by atomic mass is 32.2. The predicted molar refractivity (Wildman–Crippen MR) is 161 cm³/mol. The molecular weight excluding hydrogens is 540 g/mol. The van der Waals surface area contributed by atoms with Gasteiger partial charge in [0.25, 0.3) is 15.9 Å². The summed E-state index contributed by atoms with van der Waals surface area (Å²) < 4.78 is 28.9. The van der Waals surface area contributed by atoms with Gasteiger partial charge in [0.2, 0.25) is 5.91 Å². The van der Waals surface area contributed by atoms with E-state index in [9.17, 15) is 18.0 Å². The smallest absolute Gasteiger partial charge is 0.281 e. The van der Waals surface area contributed by atoms with Gasteiger partial charge in [-0.15, -0.1) is 0 Å². The molecule has 0 spiro atoms. The van der Waals surface area contributed by atoms with E-state index in [2.05, 4.69) is 54.5 Å². The van der Waals surface area contributed by atoms with Crippen LogP contribution < -0.4 is 14.9 Å². The minimum Gasteiger partial charge on any atom is -0.367 e. The van der Waals surface area contributed by atoms with Gasteiger partial charge in [0.05, 0.1) is 5.56 Å². The van der Waals surface area contributed by atoms with Crippen LogP contribution in [-0.4, -0.2) is 67.3 Å². The number of pyridine rings is 2. The zero-order valence-electron chi connectivity index (χ0n) is 25.3. The molecule has 0 aromatic carbocycles. The number of nitrogens with one attached hydrogen (secondary N) is 2. The van der Waals surface area contributed by atoms with E-state index < -0.39 is 15.9 Å². The lowest BCUT2D eigenvalue weighted by Gasteiger charge is -2.34. The number of amides is 2. The maximum absolute atomic E-state index is 13.5. The van der Waals surface area contributed by atoms with Crippen LogP contribution in [0.2, 0.25) is 0 Å². The molecule has 4 bridgehead atoms. The second-order valence-electron chi connectivity index (χ2n) is 13.2. The maximum atomic E-state index is 13.5. The minimum absolute atomic E-state index is 0.00482. The lowest BCUT2D eigenvalue weighted by molar-refractivity contribution is -0.128. The van der Waals surface area contributed by atoms with E-state index in [-0.39, 0.29) is 33.5 Å². The Morgan fingerprint density at radius 2 is 1.85 bits per heavy atom. The van der Waals surface area contributed by atoms with Crippen LogP contribution in [0.25, 0.3) is 0 Å². The van der Waals surface area contributed by atoms with Crippen LogP contribution in [0.3, 0.4) is 0 Å². The molecule has 2 aromatic rings. The third-order valence-corrected chi connectivity index (χ3v) is 9.28. The number of aromatic nitrogens is 2. The quantitative estimate of drug-likeness (QED) is 0.544. The van der Waals surface area contributed by atoms with Gasteiger partial charge < -0.3 is 15.1 Å². The average Bonchev–Trinajstić information content (AvgIpc) is 3.19. The highest BCUT2D eigenvalue weighted by Crippen LogP contribution is 2.40. The van der Waals surface area contributed by atoms with Crippen molar-refractivity contribution in [1.29, 1.82) is 0 Å². The molecule has 2 atom stereocenters. The molecular formula is C30H44N6O4S. The van der Waals surface area contributed by atoms with Crippen molar-refractivity contribution in [2.24, 2.45) is 5.92 Å². The number of fused-ring (bicyclic) bond motifs is 6. The monoisotopic (exact) mass is 584 g/mol. The van der Waals surface area contributed by atoms with Gasteiger partial charge in [0.1, 0.15) is 11.6 Å². The Morgan fingerprint density at radius 3 is 2.54 bits per heavy atom. The molecule has 10 nitrogen and oxygen atoms in total. The number of carbonyl (C=O) groups is 2. The van der Waals surface area contributed by atoms with Crippen LogP contribution in [0.1, 0.15) is 89.2 Å². The lowest BCUT2D eigenvalue weighted by Crippen LogP contribution is -2.41. The van der Waals surface area contributed by atoms with Crippen LogP contribution in [0, 0.1) is 5.92 Å². The topological polar surface area (TPSA) is 125 Å². The number of hydrogen-bond donors (Lipinski definition) is 2. The van der Waals surface area contributed by atoms with Crippen molar-refractivity contribution in [2.45, 2.75) is 95.2 Å². The van der Waals surface area contributed by atoms with E-state index in [0.29, 0.717) is 36.9 Å². The SMILES string of the molecule is CN(C)C(=O)CCCC1CC[C@@H]2CN(c3nc(C(C)(C)C)ccc3C(=O)NS(=O)(=O)c3cccc(n3)N1)C(C)(C)C2. The Morgan fingerprint density at radius 1 is 1.12 bits per heavy atom. The third-order valence-electron chi connectivity index (χ3n) is 8.05. The molecule has 0 saturated carbocycles. The summed E-state index contributed by atoms with van der Waals surface area (Å²) >= 11 is 0. The van der Waals surface area contributed by atoms with Crippen LogP contribution in [-0.2, 0) is 20.2 Å². The Bertz CT molecular complexity index is 1400. The molecule has 1 unspecified atom stereocenters. The summed E-state index contributed by atoms with van der Waals surface area (Å²) in [5, 5.41) is 3.18. The lowest BCUT2D eigenvalue weighted by atomic mass is 9.90. The van der Waals surface area contributed by atoms with Crippen LogP contribution in [0.4, 0.5) is 11.6 Å². The molecule has 0 aliphatic carbocycles. The molecule has 1 fully saturated rings. The summed E-state index contributed by atoms with van der Waals surface area (Å²) in [6, 6.07) is 8.20. The number of nitrogens with zero attached hydrogens (tertiary/aromatic N) is 4. The molecule has 2 amide bonds. The predicted octanol–water partition coefficient (Wildman–Crippen LogP) is 4.33. The summed E-state index contributed by atoms with van der Waals surface area (Å²) in [6.45, 7) is 11.2. The first-order valence-electron chi connectivity index (χ1n) is 14.4. The van der Waals surface area contributed by atoms with Gasteiger partial charge in [0, 0.05) is 49.8 Å². The molecule has 1 saturated heterocycles. The van der Waals surface area contributed by atoms with Crippen molar-refractivity contribution < 1.29 is 18.0 Å². The number of hydrogen-bond acceptors (Lipinski definition) is 8. The highest BCUT2D eigenvalue weighted by molar-refractivity contribution is 7.90. The summed E-state index contributed by atoms with van der Waals surface area (Å²) in [5.74, 6) is 0.626. The molecule has 4 rings (SSSR count). The van der Waals surface area contributed by atoms with E-state index in [1.807, 2.05) is 0 Å². The van der Waals surface area contributed by atoms with E-state index in [1.54, 1.807) is 43.3 Å². The fourth-order valence-electron chi connectivity index (χ4n) is 5.73. The van der Waals surface area contributed by atoms with Gasteiger partial charge >= 0.3 is 0 Å². The van der Waals surface area contributed by atoms with Crippen LogP contribution in [0.15, 0.2) is 35.4 Å². The molecule has 0 radical (unpaired) electrons. The first-order valence-corrected chi connectivity index (χ1v) is 15.9. The molecule has 2 aliphatic heterocycles. The van der Waals surface area contributed by atoms with Crippen molar-refractivity contribution in [2.75, 3.05) is 30.9 Å². The van der Waals surface area contributed by atoms with Crippen LogP contribution in [0.5, 0.6) is 0 Å². The van der Waals surface area contributed by atoms with Crippen molar-refractivity contribution in [3.63, 3.8) is 0 Å². The Balaban J connectivity index is 1.74. The van der Waals surface area contributed by atoms with Crippen molar-refractivity contribution in [3.05, 3.63) is 41.6 Å². The molecule has 2 aromatic heterocycles. The standard InChI is InChI=1S/C30H44N6O4S/c1-29(2,3)23-17-16-22-27(32-23)36-19-20(18-30(36,4)5)14-15-21(10-8-13-26(37)35(6)7)31-24-11-9-12-25(33-24)41(39,40)34-28(22)38/h9,11-12,16-17,20-21H,8,10,13-15,18-19H2,1-7H3,(H,31,33)(H,34,38)/t20-,21?/m0/s1. The Kier molecular flexibility index (Phi) is 8.68. The second kappa shape index (κ2) is 11.6. The molecule has 41 heavy (non-hydrogen) atoms. The van der Waals surface area contributed by atoms with Gasteiger partial charge in [-0.2, -0.15) is 8.42 Å². The number of anilines is 2. The van der Waals surface area contributed by atoms with Crippen molar-refractivity contribution in [3.8, 4) is 0 Å². The molecule has 4 heterocycles. The first kappa shape index (κ1) is 30.7. The summed E-state index contributed by atoms with van der Waals surface area (Å²) in [4.78, 5) is 38.8. The van der Waals surface area contributed by atoms with Gasteiger partial charge in [-0.25, -0.2) is 14.7 Å². The molecule has 2 N–H and O–H groups in total. The zero-order valence-corrected chi connectivity index (χ0v) is 26.1. The van der Waals surface area contributed by atoms with Gasteiger partial charge in [-0.1, -0.05) is 26.8 Å². The fraction of sp³-hybridized carbons (Fsp3) is 0.600. The van der Waals surface area contributed by atoms with Gasteiger partial charge in [-0.05, 0) is 76.1 Å². The largest absolute Gasteiger partial charge is 0.367 e. The Labute approximate surface area is 244 Å². The molecule has 11 heteroatoms. The van der Waals surface area contributed by atoms with Gasteiger partial charge in [0.15, 0.2) is 5.03 Å². The highest BCUT2D eigenvalue weighted by Gasteiger charge is 2.41.